The van der Waals surface area contributed by atoms with Crippen LogP contribution in [0.2, 0.25) is 0 Å². The molecule has 0 aromatic heterocycles. The molecule has 1 aromatic carbocycles. The third-order valence-corrected chi connectivity index (χ3v) is 4.44. The monoisotopic (exact) mass is 238 g/mol. The van der Waals surface area contributed by atoms with Crippen LogP contribution in [0.1, 0.15) is 36.5 Å². The Hall–Kier alpha value is -1.30. The second-order valence-corrected chi connectivity index (χ2v) is 6.23. The van der Waals surface area contributed by atoms with Crippen molar-refractivity contribution in [3.05, 3.63) is 53.1 Å². The van der Waals surface area contributed by atoms with E-state index in [0.29, 0.717) is 0 Å². The molecule has 2 aliphatic carbocycles. The average Bonchev–Trinajstić information content (AvgIpc) is 2.67. The second-order valence-electron chi connectivity index (χ2n) is 6.23. The van der Waals surface area contributed by atoms with Crippen molar-refractivity contribution in [3.63, 3.8) is 0 Å². The Labute approximate surface area is 110 Å². The molecule has 2 aliphatic rings. The molecule has 18 heavy (non-hydrogen) atoms. The first-order valence-corrected chi connectivity index (χ1v) is 7.10. The van der Waals surface area contributed by atoms with E-state index < -0.39 is 0 Å². The van der Waals surface area contributed by atoms with Gasteiger partial charge in [0, 0.05) is 0 Å². The van der Waals surface area contributed by atoms with Crippen LogP contribution in [-0.2, 0) is 0 Å². The standard InChI is InChI=1S/C18H22/c1-12-7-13(2)10-16(9-12)17-6-4-5-15-8-14(3)11-18(15)17/h4-7,9-10,14-15,18H,8,11H2,1-3H3. The first kappa shape index (κ1) is 11.8. The summed E-state index contributed by atoms with van der Waals surface area (Å²) in [5.41, 5.74) is 5.77. The molecule has 0 N–H and O–H groups in total. The lowest BCUT2D eigenvalue weighted by molar-refractivity contribution is 0.567. The molecule has 0 bridgehead atoms. The fraction of sp³-hybridized carbons (Fsp3) is 0.444. The van der Waals surface area contributed by atoms with Crippen molar-refractivity contribution >= 4 is 5.57 Å². The molecule has 0 nitrogen and oxygen atoms in total. The Bertz CT molecular complexity index is 499. The van der Waals surface area contributed by atoms with Crippen molar-refractivity contribution in [2.24, 2.45) is 17.8 Å². The molecule has 1 fully saturated rings. The predicted octanol–water partition coefficient (Wildman–Crippen LogP) is 4.92. The molecule has 0 amide bonds. The third-order valence-electron chi connectivity index (χ3n) is 4.44. The number of hydrogen-bond donors (Lipinski definition) is 0. The zero-order valence-electron chi connectivity index (χ0n) is 11.6. The minimum atomic E-state index is 0.756. The van der Waals surface area contributed by atoms with Crippen LogP contribution in [0.4, 0.5) is 0 Å². The van der Waals surface area contributed by atoms with E-state index in [1.807, 2.05) is 0 Å². The molecular weight excluding hydrogens is 216 g/mol. The summed E-state index contributed by atoms with van der Waals surface area (Å²) in [4.78, 5) is 0. The highest BCUT2D eigenvalue weighted by atomic mass is 14.4. The number of rotatable bonds is 1. The van der Waals surface area contributed by atoms with Crippen molar-refractivity contribution in [2.75, 3.05) is 0 Å². The lowest BCUT2D eigenvalue weighted by Gasteiger charge is -2.24. The molecular formula is C18H22. The van der Waals surface area contributed by atoms with E-state index in [1.54, 1.807) is 5.57 Å². The summed E-state index contributed by atoms with van der Waals surface area (Å²) in [5, 5.41) is 0. The van der Waals surface area contributed by atoms with Crippen LogP contribution in [0.5, 0.6) is 0 Å². The van der Waals surface area contributed by atoms with Crippen LogP contribution in [0.15, 0.2) is 36.4 Å². The zero-order valence-corrected chi connectivity index (χ0v) is 11.6. The highest BCUT2D eigenvalue weighted by molar-refractivity contribution is 5.71. The van der Waals surface area contributed by atoms with Gasteiger partial charge in [0.1, 0.15) is 0 Å². The minimum Gasteiger partial charge on any atom is -0.0808 e. The van der Waals surface area contributed by atoms with Gasteiger partial charge in [0.2, 0.25) is 0 Å². The third kappa shape index (κ3) is 2.05. The van der Waals surface area contributed by atoms with Gasteiger partial charge in [-0.1, -0.05) is 54.5 Å². The Balaban J connectivity index is 2.00. The van der Waals surface area contributed by atoms with E-state index in [2.05, 4.69) is 57.2 Å². The van der Waals surface area contributed by atoms with Crippen molar-refractivity contribution in [1.29, 1.82) is 0 Å². The number of hydrogen-bond acceptors (Lipinski definition) is 0. The average molecular weight is 238 g/mol. The van der Waals surface area contributed by atoms with Crippen molar-refractivity contribution < 1.29 is 0 Å². The van der Waals surface area contributed by atoms with E-state index in [9.17, 15) is 0 Å². The van der Waals surface area contributed by atoms with Gasteiger partial charge in [-0.3, -0.25) is 0 Å². The maximum absolute atomic E-state index is 2.42. The first-order chi connectivity index (χ1) is 8.63. The van der Waals surface area contributed by atoms with Crippen LogP contribution < -0.4 is 0 Å². The van der Waals surface area contributed by atoms with Gasteiger partial charge in [0.05, 0.1) is 0 Å². The summed E-state index contributed by atoms with van der Waals surface area (Å²) >= 11 is 0. The number of benzene rings is 1. The van der Waals surface area contributed by atoms with E-state index >= 15 is 0 Å². The Kier molecular flexibility index (Phi) is 2.89. The predicted molar refractivity (Wildman–Crippen MR) is 78.4 cm³/mol. The summed E-state index contributed by atoms with van der Waals surface area (Å²) < 4.78 is 0. The minimum absolute atomic E-state index is 0.756. The molecule has 0 radical (unpaired) electrons. The van der Waals surface area contributed by atoms with E-state index in [1.165, 1.54) is 29.5 Å². The first-order valence-electron chi connectivity index (χ1n) is 7.10. The largest absolute Gasteiger partial charge is 0.0808 e. The van der Waals surface area contributed by atoms with Gasteiger partial charge in [-0.25, -0.2) is 0 Å². The molecule has 0 heterocycles. The van der Waals surface area contributed by atoms with Crippen molar-refractivity contribution in [2.45, 2.75) is 33.6 Å². The van der Waals surface area contributed by atoms with Crippen molar-refractivity contribution in [1.82, 2.24) is 0 Å². The molecule has 0 heteroatoms. The van der Waals surface area contributed by atoms with E-state index in [-0.39, 0.29) is 0 Å². The van der Waals surface area contributed by atoms with Gasteiger partial charge < -0.3 is 0 Å². The number of aryl methyl sites for hydroxylation is 2. The van der Waals surface area contributed by atoms with Gasteiger partial charge >= 0.3 is 0 Å². The van der Waals surface area contributed by atoms with E-state index in [0.717, 1.165) is 17.8 Å². The molecule has 94 valence electrons. The van der Waals surface area contributed by atoms with Crippen LogP contribution in [0.3, 0.4) is 0 Å². The summed E-state index contributed by atoms with van der Waals surface area (Å²) in [6.07, 6.45) is 9.75. The fourth-order valence-electron chi connectivity index (χ4n) is 3.78. The highest BCUT2D eigenvalue weighted by Gasteiger charge is 2.34. The summed E-state index contributed by atoms with van der Waals surface area (Å²) in [5.74, 6) is 2.41. The topological polar surface area (TPSA) is 0 Å². The molecule has 1 aromatic rings. The van der Waals surface area contributed by atoms with Crippen LogP contribution in [0, 0.1) is 31.6 Å². The Morgan fingerprint density at radius 3 is 2.44 bits per heavy atom. The Morgan fingerprint density at radius 1 is 1.00 bits per heavy atom. The smallest absolute Gasteiger partial charge is 0.00903 e. The van der Waals surface area contributed by atoms with Crippen LogP contribution in [0.25, 0.3) is 5.57 Å². The maximum Gasteiger partial charge on any atom is -0.00903 e. The number of fused-ring (bicyclic) bond motifs is 1. The van der Waals surface area contributed by atoms with Gasteiger partial charge in [0.15, 0.2) is 0 Å². The molecule has 0 saturated heterocycles. The normalized spacial score (nSPS) is 30.2. The zero-order chi connectivity index (χ0) is 12.7. The Morgan fingerprint density at radius 2 is 1.72 bits per heavy atom. The molecule has 1 saturated carbocycles. The van der Waals surface area contributed by atoms with Gasteiger partial charge in [0.25, 0.3) is 0 Å². The molecule has 3 rings (SSSR count). The lowest BCUT2D eigenvalue weighted by atomic mass is 9.81. The van der Waals surface area contributed by atoms with Crippen molar-refractivity contribution in [3.8, 4) is 0 Å². The quantitative estimate of drug-likeness (QED) is 0.651. The number of allylic oxidation sites excluding steroid dienone is 4. The highest BCUT2D eigenvalue weighted by Crippen LogP contribution is 2.46. The second kappa shape index (κ2) is 4.42. The SMILES string of the molecule is Cc1cc(C)cc(C2=CC=CC3CC(C)CC23)c1. The van der Waals surface area contributed by atoms with E-state index in [4.69, 9.17) is 0 Å². The summed E-state index contributed by atoms with van der Waals surface area (Å²) in [6.45, 7) is 6.79. The maximum atomic E-state index is 2.42. The van der Waals surface area contributed by atoms with Crippen LogP contribution in [-0.4, -0.2) is 0 Å². The summed E-state index contributed by atoms with van der Waals surface area (Å²) in [6, 6.07) is 6.95. The summed E-state index contributed by atoms with van der Waals surface area (Å²) in [7, 11) is 0. The van der Waals surface area contributed by atoms with Gasteiger partial charge in [-0.15, -0.1) is 0 Å². The van der Waals surface area contributed by atoms with Crippen LogP contribution >= 0.6 is 0 Å². The molecule has 0 aliphatic heterocycles. The molecule has 0 spiro atoms. The lowest BCUT2D eigenvalue weighted by Crippen LogP contribution is -2.10. The van der Waals surface area contributed by atoms with Gasteiger partial charge in [-0.05, 0) is 55.6 Å². The fourth-order valence-corrected chi connectivity index (χ4v) is 3.78. The molecule has 3 atom stereocenters. The molecule has 3 unspecified atom stereocenters. The van der Waals surface area contributed by atoms with Gasteiger partial charge in [-0.2, -0.15) is 0 Å².